The summed E-state index contributed by atoms with van der Waals surface area (Å²) in [6.45, 7) is 0.331. The number of aromatic nitrogens is 2. The van der Waals surface area contributed by atoms with E-state index in [9.17, 15) is 13.2 Å². The number of nitrogens with one attached hydrogen (secondary N) is 2. The first-order chi connectivity index (χ1) is 12.9. The predicted molar refractivity (Wildman–Crippen MR) is 103 cm³/mol. The minimum absolute atomic E-state index is 0.1000. The Labute approximate surface area is 162 Å². The molecule has 1 aromatic carbocycles. The number of pyridine rings is 1. The van der Waals surface area contributed by atoms with Crippen LogP contribution in [-0.4, -0.2) is 30.8 Å². The SMILES string of the molecule is CNS(=O)(=O)c1ccc(CCC(=O)NCc2cn3cc(Cl)ccc3n2)cc1. The van der Waals surface area contributed by atoms with E-state index in [2.05, 4.69) is 15.0 Å². The summed E-state index contributed by atoms with van der Waals surface area (Å²) in [6, 6.07) is 10.1. The minimum Gasteiger partial charge on any atom is -0.350 e. The summed E-state index contributed by atoms with van der Waals surface area (Å²) >= 11 is 5.94. The molecule has 1 amide bonds. The van der Waals surface area contributed by atoms with Crippen LogP contribution in [0.15, 0.2) is 53.7 Å². The molecule has 0 fully saturated rings. The summed E-state index contributed by atoms with van der Waals surface area (Å²) in [5.74, 6) is -0.1000. The average molecular weight is 407 g/mol. The minimum atomic E-state index is -3.45. The van der Waals surface area contributed by atoms with Crippen LogP contribution in [0.2, 0.25) is 5.02 Å². The molecule has 3 aromatic rings. The van der Waals surface area contributed by atoms with Crippen LogP contribution in [0.1, 0.15) is 17.7 Å². The lowest BCUT2D eigenvalue weighted by Crippen LogP contribution is -2.23. The molecule has 2 N–H and O–H groups in total. The van der Waals surface area contributed by atoms with Crippen LogP contribution in [-0.2, 0) is 27.8 Å². The highest BCUT2D eigenvalue weighted by Crippen LogP contribution is 2.13. The molecule has 142 valence electrons. The van der Waals surface area contributed by atoms with E-state index in [1.54, 1.807) is 24.4 Å². The van der Waals surface area contributed by atoms with Crippen LogP contribution in [0.5, 0.6) is 0 Å². The van der Waals surface area contributed by atoms with E-state index in [0.29, 0.717) is 24.4 Å². The second kappa shape index (κ2) is 8.08. The van der Waals surface area contributed by atoms with Crippen molar-refractivity contribution in [1.82, 2.24) is 19.4 Å². The molecule has 9 heteroatoms. The lowest BCUT2D eigenvalue weighted by atomic mass is 10.1. The van der Waals surface area contributed by atoms with Gasteiger partial charge in [-0.25, -0.2) is 18.1 Å². The zero-order valence-electron chi connectivity index (χ0n) is 14.6. The number of halogens is 1. The molecule has 0 aliphatic carbocycles. The number of hydrogen-bond acceptors (Lipinski definition) is 4. The van der Waals surface area contributed by atoms with Gasteiger partial charge >= 0.3 is 0 Å². The van der Waals surface area contributed by atoms with Gasteiger partial charge < -0.3 is 9.72 Å². The largest absolute Gasteiger partial charge is 0.350 e. The molecule has 0 saturated carbocycles. The molecule has 0 radical (unpaired) electrons. The Morgan fingerprint density at radius 2 is 1.89 bits per heavy atom. The number of carbonyl (C=O) groups is 1. The summed E-state index contributed by atoms with van der Waals surface area (Å²) in [4.78, 5) is 16.7. The third kappa shape index (κ3) is 4.85. The van der Waals surface area contributed by atoms with Crippen molar-refractivity contribution < 1.29 is 13.2 Å². The molecule has 0 saturated heterocycles. The van der Waals surface area contributed by atoms with Crippen LogP contribution in [0.3, 0.4) is 0 Å². The molecule has 0 aliphatic rings. The van der Waals surface area contributed by atoms with Crippen molar-refractivity contribution in [3.8, 4) is 0 Å². The average Bonchev–Trinajstić information content (AvgIpc) is 3.07. The summed E-state index contributed by atoms with van der Waals surface area (Å²) in [6.07, 6.45) is 4.40. The lowest BCUT2D eigenvalue weighted by molar-refractivity contribution is -0.121. The van der Waals surface area contributed by atoms with Crippen molar-refractivity contribution in [2.45, 2.75) is 24.3 Å². The highest BCUT2D eigenvalue weighted by Gasteiger charge is 2.11. The van der Waals surface area contributed by atoms with E-state index in [0.717, 1.165) is 16.9 Å². The van der Waals surface area contributed by atoms with E-state index in [1.807, 2.05) is 16.7 Å². The number of aryl methyl sites for hydroxylation is 1. The van der Waals surface area contributed by atoms with Gasteiger partial charge in [0.2, 0.25) is 15.9 Å². The van der Waals surface area contributed by atoms with Crippen molar-refractivity contribution in [3.05, 3.63) is 65.1 Å². The van der Waals surface area contributed by atoms with Gasteiger partial charge in [0.25, 0.3) is 0 Å². The molecule has 0 unspecified atom stereocenters. The van der Waals surface area contributed by atoms with E-state index >= 15 is 0 Å². The van der Waals surface area contributed by atoms with Crippen LogP contribution < -0.4 is 10.0 Å². The van der Waals surface area contributed by atoms with Gasteiger partial charge in [0, 0.05) is 18.8 Å². The Bertz CT molecular complexity index is 1060. The maximum Gasteiger partial charge on any atom is 0.240 e. The Balaban J connectivity index is 1.52. The molecular formula is C18H19ClN4O3S. The number of imidazole rings is 1. The van der Waals surface area contributed by atoms with Gasteiger partial charge in [0.15, 0.2) is 0 Å². The first-order valence-electron chi connectivity index (χ1n) is 8.30. The fourth-order valence-electron chi connectivity index (χ4n) is 2.59. The van der Waals surface area contributed by atoms with Gasteiger partial charge in [-0.2, -0.15) is 0 Å². The predicted octanol–water partition coefficient (Wildman–Crippen LogP) is 2.14. The summed E-state index contributed by atoms with van der Waals surface area (Å²) in [5.41, 5.74) is 2.40. The second-order valence-corrected chi connectivity index (χ2v) is 8.30. The molecule has 27 heavy (non-hydrogen) atoms. The number of sulfonamides is 1. The van der Waals surface area contributed by atoms with Gasteiger partial charge in [0.1, 0.15) is 5.65 Å². The number of benzene rings is 1. The summed E-state index contributed by atoms with van der Waals surface area (Å²) in [7, 11) is -2.08. The Morgan fingerprint density at radius 3 is 2.59 bits per heavy atom. The van der Waals surface area contributed by atoms with Crippen LogP contribution >= 0.6 is 11.6 Å². The Kier molecular flexibility index (Phi) is 5.79. The van der Waals surface area contributed by atoms with E-state index in [4.69, 9.17) is 11.6 Å². The third-order valence-electron chi connectivity index (χ3n) is 4.07. The molecule has 2 heterocycles. The molecular weight excluding hydrogens is 388 g/mol. The molecule has 0 bridgehead atoms. The number of rotatable bonds is 7. The molecule has 0 aliphatic heterocycles. The quantitative estimate of drug-likeness (QED) is 0.628. The molecule has 0 atom stereocenters. The van der Waals surface area contributed by atoms with Gasteiger partial charge in [-0.15, -0.1) is 0 Å². The zero-order chi connectivity index (χ0) is 19.4. The highest BCUT2D eigenvalue weighted by atomic mass is 35.5. The molecule has 7 nitrogen and oxygen atoms in total. The van der Waals surface area contributed by atoms with Gasteiger partial charge in [-0.1, -0.05) is 23.7 Å². The number of fused-ring (bicyclic) bond motifs is 1. The monoisotopic (exact) mass is 406 g/mol. The van der Waals surface area contributed by atoms with Crippen LogP contribution in [0.4, 0.5) is 0 Å². The van der Waals surface area contributed by atoms with Crippen LogP contribution in [0, 0.1) is 0 Å². The normalized spacial score (nSPS) is 11.6. The zero-order valence-corrected chi connectivity index (χ0v) is 16.2. The topological polar surface area (TPSA) is 92.6 Å². The second-order valence-electron chi connectivity index (χ2n) is 5.97. The molecule has 2 aromatic heterocycles. The fourth-order valence-corrected chi connectivity index (χ4v) is 3.49. The third-order valence-corrected chi connectivity index (χ3v) is 5.73. The van der Waals surface area contributed by atoms with Crippen molar-refractivity contribution >= 4 is 33.2 Å². The first-order valence-corrected chi connectivity index (χ1v) is 10.2. The van der Waals surface area contributed by atoms with Crippen molar-refractivity contribution in [1.29, 1.82) is 0 Å². The number of nitrogens with zero attached hydrogens (tertiary/aromatic N) is 2. The standard InChI is InChI=1S/C18H19ClN4O3S/c1-20-27(25,26)16-6-2-13(3-7-16)4-9-18(24)21-10-15-12-23-11-14(19)5-8-17(23)22-15/h2-3,5-8,11-12,20H,4,9-10H2,1H3,(H,21,24). The van der Waals surface area contributed by atoms with Gasteiger partial charge in [-0.05, 0) is 43.3 Å². The number of hydrogen-bond donors (Lipinski definition) is 2. The smallest absolute Gasteiger partial charge is 0.240 e. The first kappa shape index (κ1) is 19.3. The maximum absolute atomic E-state index is 12.1. The summed E-state index contributed by atoms with van der Waals surface area (Å²) in [5, 5.41) is 3.45. The van der Waals surface area contributed by atoms with Crippen molar-refractivity contribution in [2.24, 2.45) is 0 Å². The van der Waals surface area contributed by atoms with E-state index < -0.39 is 10.0 Å². The highest BCUT2D eigenvalue weighted by molar-refractivity contribution is 7.89. The number of carbonyl (C=O) groups excluding carboxylic acids is 1. The fraction of sp³-hybridized carbons (Fsp3) is 0.222. The molecule has 3 rings (SSSR count). The summed E-state index contributed by atoms with van der Waals surface area (Å²) < 4.78 is 27.5. The van der Waals surface area contributed by atoms with Crippen molar-refractivity contribution in [3.63, 3.8) is 0 Å². The number of amides is 1. The van der Waals surface area contributed by atoms with Gasteiger partial charge in [-0.3, -0.25) is 4.79 Å². The Hall–Kier alpha value is -2.42. The lowest BCUT2D eigenvalue weighted by Gasteiger charge is -2.05. The van der Waals surface area contributed by atoms with Crippen molar-refractivity contribution in [2.75, 3.05) is 7.05 Å². The van der Waals surface area contributed by atoms with Gasteiger partial charge in [0.05, 0.1) is 22.2 Å². The Morgan fingerprint density at radius 1 is 1.15 bits per heavy atom. The van der Waals surface area contributed by atoms with Crippen LogP contribution in [0.25, 0.3) is 5.65 Å². The molecule has 0 spiro atoms. The maximum atomic E-state index is 12.1. The van der Waals surface area contributed by atoms with E-state index in [-0.39, 0.29) is 10.8 Å². The van der Waals surface area contributed by atoms with E-state index in [1.165, 1.54) is 19.2 Å².